The summed E-state index contributed by atoms with van der Waals surface area (Å²) < 4.78 is 7.53. The van der Waals surface area contributed by atoms with E-state index in [1.807, 2.05) is 44.8 Å². The highest BCUT2D eigenvalue weighted by Gasteiger charge is 2.15. The number of para-hydroxylation sites is 1. The van der Waals surface area contributed by atoms with Gasteiger partial charge in [0.05, 0.1) is 25.1 Å². The fourth-order valence-electron chi connectivity index (χ4n) is 4.00. The monoisotopic (exact) mass is 414 g/mol. The summed E-state index contributed by atoms with van der Waals surface area (Å²) in [5, 5.41) is 3.43. The molecule has 0 atom stereocenters. The lowest BCUT2D eigenvalue weighted by atomic mass is 10.1. The van der Waals surface area contributed by atoms with E-state index in [9.17, 15) is 0 Å². The molecule has 1 N–H and O–H groups in total. The Labute approximate surface area is 181 Å². The van der Waals surface area contributed by atoms with Gasteiger partial charge < -0.3 is 19.9 Å². The summed E-state index contributed by atoms with van der Waals surface area (Å²) in [6.07, 6.45) is 5.69. The van der Waals surface area contributed by atoms with Crippen molar-refractivity contribution in [2.24, 2.45) is 0 Å². The van der Waals surface area contributed by atoms with Crippen molar-refractivity contribution in [2.45, 2.75) is 0 Å². The van der Waals surface area contributed by atoms with Crippen LogP contribution in [0.25, 0.3) is 16.9 Å². The molecule has 2 aromatic heterocycles. The second kappa shape index (κ2) is 8.28. The number of imidazole rings is 1. The summed E-state index contributed by atoms with van der Waals surface area (Å²) in [6.45, 7) is 3.42. The average Bonchev–Trinajstić information content (AvgIpc) is 3.31. The highest BCUT2D eigenvalue weighted by molar-refractivity contribution is 5.80. The van der Waals surface area contributed by atoms with Gasteiger partial charge in [-0.25, -0.2) is 9.97 Å². The van der Waals surface area contributed by atoms with E-state index in [2.05, 4.69) is 60.9 Å². The van der Waals surface area contributed by atoms with Gasteiger partial charge in [-0.2, -0.15) is 0 Å². The highest BCUT2D eigenvalue weighted by Crippen LogP contribution is 2.31. The minimum Gasteiger partial charge on any atom is -0.378 e. The lowest BCUT2D eigenvalue weighted by Crippen LogP contribution is -2.36. The molecule has 7 nitrogen and oxygen atoms in total. The van der Waals surface area contributed by atoms with E-state index in [1.54, 1.807) is 0 Å². The number of benzene rings is 2. The molecule has 7 heteroatoms. The Balaban J connectivity index is 1.45. The number of nitrogens with zero attached hydrogens (tertiary/aromatic N) is 5. The molecule has 1 fully saturated rings. The van der Waals surface area contributed by atoms with Crippen LogP contribution in [0.3, 0.4) is 0 Å². The van der Waals surface area contributed by atoms with E-state index < -0.39 is 0 Å². The van der Waals surface area contributed by atoms with E-state index in [0.717, 1.165) is 60.4 Å². The Morgan fingerprint density at radius 1 is 0.968 bits per heavy atom. The first-order valence-electron chi connectivity index (χ1n) is 10.5. The summed E-state index contributed by atoms with van der Waals surface area (Å²) in [6, 6.07) is 16.8. The van der Waals surface area contributed by atoms with Gasteiger partial charge in [-0.15, -0.1) is 0 Å². The first-order chi connectivity index (χ1) is 15.2. The van der Waals surface area contributed by atoms with Gasteiger partial charge in [-0.3, -0.25) is 4.40 Å². The lowest BCUT2D eigenvalue weighted by Gasteiger charge is -2.28. The van der Waals surface area contributed by atoms with Gasteiger partial charge in [-0.05, 0) is 30.3 Å². The molecule has 0 amide bonds. The van der Waals surface area contributed by atoms with Crippen LogP contribution in [0.2, 0.25) is 0 Å². The lowest BCUT2D eigenvalue weighted by molar-refractivity contribution is 0.122. The fourth-order valence-corrected chi connectivity index (χ4v) is 4.00. The maximum Gasteiger partial charge on any atom is 0.180 e. The highest BCUT2D eigenvalue weighted by atomic mass is 16.5. The molecule has 0 unspecified atom stereocenters. The molecule has 0 spiro atoms. The molecule has 1 aliphatic rings. The van der Waals surface area contributed by atoms with E-state index in [4.69, 9.17) is 9.72 Å². The molecule has 0 saturated carbocycles. The minimum absolute atomic E-state index is 0.732. The Morgan fingerprint density at radius 2 is 1.74 bits per heavy atom. The topological polar surface area (TPSA) is 57.9 Å². The molecular weight excluding hydrogens is 388 g/mol. The maximum absolute atomic E-state index is 5.44. The summed E-state index contributed by atoms with van der Waals surface area (Å²) in [4.78, 5) is 13.7. The molecule has 0 bridgehead atoms. The number of nitrogens with one attached hydrogen (secondary N) is 1. The number of morpholine rings is 1. The summed E-state index contributed by atoms with van der Waals surface area (Å²) in [5.74, 6) is 0.732. The van der Waals surface area contributed by atoms with Crippen molar-refractivity contribution in [3.05, 3.63) is 67.1 Å². The Bertz CT molecular complexity index is 1180. The zero-order valence-electron chi connectivity index (χ0n) is 17.8. The summed E-state index contributed by atoms with van der Waals surface area (Å²) in [5.41, 5.74) is 6.25. The molecule has 1 aliphatic heterocycles. The standard InChI is InChI=1S/C24H26N6O/c1-28(2)21-6-4-3-5-20(21)22-17-26-23(24-25-11-12-30(22)24)27-18-7-9-19(10-8-18)29-13-15-31-16-14-29/h3-12,17H,13-16H2,1-2H3,(H,26,27). The average molecular weight is 415 g/mol. The SMILES string of the molecule is CN(C)c1ccccc1-c1cnc(Nc2ccc(N3CCOCC3)cc2)c2nccn12. The van der Waals surface area contributed by atoms with Crippen LogP contribution in [0, 0.1) is 0 Å². The molecule has 2 aromatic carbocycles. The third kappa shape index (κ3) is 3.80. The van der Waals surface area contributed by atoms with Gasteiger partial charge in [0.25, 0.3) is 0 Å². The number of aromatic nitrogens is 3. The van der Waals surface area contributed by atoms with E-state index in [-0.39, 0.29) is 0 Å². The van der Waals surface area contributed by atoms with Crippen molar-refractivity contribution < 1.29 is 4.74 Å². The van der Waals surface area contributed by atoms with E-state index in [1.165, 1.54) is 5.69 Å². The smallest absolute Gasteiger partial charge is 0.180 e. The maximum atomic E-state index is 5.44. The van der Waals surface area contributed by atoms with Gasteiger partial charge in [0, 0.05) is 62.2 Å². The van der Waals surface area contributed by atoms with Gasteiger partial charge in [0.2, 0.25) is 0 Å². The van der Waals surface area contributed by atoms with Crippen LogP contribution in [-0.2, 0) is 4.74 Å². The fraction of sp³-hybridized carbons (Fsp3) is 0.250. The van der Waals surface area contributed by atoms with E-state index in [0.29, 0.717) is 0 Å². The van der Waals surface area contributed by atoms with Crippen molar-refractivity contribution in [3.8, 4) is 11.3 Å². The van der Waals surface area contributed by atoms with Crippen LogP contribution >= 0.6 is 0 Å². The minimum atomic E-state index is 0.732. The molecule has 4 aromatic rings. The van der Waals surface area contributed by atoms with Crippen LogP contribution in [0.5, 0.6) is 0 Å². The predicted molar refractivity (Wildman–Crippen MR) is 126 cm³/mol. The zero-order valence-corrected chi connectivity index (χ0v) is 17.8. The molecule has 1 saturated heterocycles. The largest absolute Gasteiger partial charge is 0.378 e. The van der Waals surface area contributed by atoms with Gasteiger partial charge in [-0.1, -0.05) is 18.2 Å². The van der Waals surface area contributed by atoms with Crippen molar-refractivity contribution in [1.29, 1.82) is 0 Å². The Kier molecular flexibility index (Phi) is 5.18. The summed E-state index contributed by atoms with van der Waals surface area (Å²) >= 11 is 0. The first-order valence-corrected chi connectivity index (χ1v) is 10.5. The van der Waals surface area contributed by atoms with E-state index >= 15 is 0 Å². The van der Waals surface area contributed by atoms with Crippen LogP contribution in [0.1, 0.15) is 0 Å². The Hall–Kier alpha value is -3.58. The third-order valence-corrected chi connectivity index (χ3v) is 5.60. The quantitative estimate of drug-likeness (QED) is 0.532. The molecule has 0 aliphatic carbocycles. The summed E-state index contributed by atoms with van der Waals surface area (Å²) in [7, 11) is 4.10. The van der Waals surface area contributed by atoms with Crippen molar-refractivity contribution in [2.75, 3.05) is 55.5 Å². The van der Waals surface area contributed by atoms with Crippen molar-refractivity contribution >= 4 is 28.5 Å². The van der Waals surface area contributed by atoms with Crippen LogP contribution in [0.15, 0.2) is 67.1 Å². The molecular formula is C24H26N6O. The predicted octanol–water partition coefficient (Wildman–Crippen LogP) is 4.04. The van der Waals surface area contributed by atoms with Gasteiger partial charge >= 0.3 is 0 Å². The second-order valence-corrected chi connectivity index (χ2v) is 7.80. The van der Waals surface area contributed by atoms with Gasteiger partial charge in [0.15, 0.2) is 11.5 Å². The van der Waals surface area contributed by atoms with Crippen LogP contribution in [-0.4, -0.2) is 54.8 Å². The number of hydrogen-bond donors (Lipinski definition) is 1. The molecule has 31 heavy (non-hydrogen) atoms. The van der Waals surface area contributed by atoms with Crippen LogP contribution in [0.4, 0.5) is 22.9 Å². The number of fused-ring (bicyclic) bond motifs is 1. The number of ether oxygens (including phenoxy) is 1. The van der Waals surface area contributed by atoms with Gasteiger partial charge in [0.1, 0.15) is 0 Å². The van der Waals surface area contributed by atoms with Crippen molar-refractivity contribution in [3.63, 3.8) is 0 Å². The number of hydrogen-bond acceptors (Lipinski definition) is 6. The van der Waals surface area contributed by atoms with Crippen molar-refractivity contribution in [1.82, 2.24) is 14.4 Å². The number of rotatable bonds is 5. The normalized spacial score (nSPS) is 14.1. The second-order valence-electron chi connectivity index (χ2n) is 7.80. The molecule has 0 radical (unpaired) electrons. The number of anilines is 4. The first kappa shape index (κ1) is 19.4. The molecule has 3 heterocycles. The molecule has 5 rings (SSSR count). The Morgan fingerprint density at radius 3 is 2.52 bits per heavy atom. The third-order valence-electron chi connectivity index (χ3n) is 5.60. The zero-order chi connectivity index (χ0) is 21.2. The molecule has 158 valence electrons. The van der Waals surface area contributed by atoms with Crippen LogP contribution < -0.4 is 15.1 Å².